The van der Waals surface area contributed by atoms with E-state index in [1.54, 1.807) is 24.3 Å². The fraction of sp³-hybridized carbons (Fsp3) is 0.250. The maximum absolute atomic E-state index is 12.0. The molecule has 0 unspecified atom stereocenters. The van der Waals surface area contributed by atoms with Crippen LogP contribution in [0.15, 0.2) is 24.3 Å². The van der Waals surface area contributed by atoms with Crippen LogP contribution >= 0.6 is 0 Å². The van der Waals surface area contributed by atoms with Crippen molar-refractivity contribution in [2.75, 3.05) is 13.1 Å². The molecule has 1 heterocycles. The largest absolute Gasteiger partial charge is 0.331 e. The van der Waals surface area contributed by atoms with Crippen LogP contribution in [0.1, 0.15) is 27.1 Å². The van der Waals surface area contributed by atoms with Gasteiger partial charge < -0.3 is 4.90 Å². The number of carbonyl (C=O) groups is 3. The van der Waals surface area contributed by atoms with Crippen molar-refractivity contribution in [2.24, 2.45) is 0 Å². The minimum absolute atomic E-state index is 0.0666. The van der Waals surface area contributed by atoms with E-state index in [0.29, 0.717) is 30.4 Å². The first kappa shape index (κ1) is 10.5. The molecule has 1 aromatic rings. The number of amides is 1. The van der Waals surface area contributed by atoms with Gasteiger partial charge in [-0.05, 0) is 6.07 Å². The van der Waals surface area contributed by atoms with E-state index in [9.17, 15) is 14.4 Å². The van der Waals surface area contributed by atoms with Crippen molar-refractivity contribution in [1.82, 2.24) is 4.90 Å². The molecule has 1 aromatic carbocycles. The van der Waals surface area contributed by atoms with E-state index >= 15 is 0 Å². The zero-order valence-corrected chi connectivity index (χ0v) is 8.68. The second kappa shape index (κ2) is 4.26. The Morgan fingerprint density at radius 3 is 2.69 bits per heavy atom. The summed E-state index contributed by atoms with van der Waals surface area (Å²) < 4.78 is 0. The number of likely N-dealkylation sites (tertiary alicyclic amines) is 1. The van der Waals surface area contributed by atoms with Gasteiger partial charge in [0.25, 0.3) is 5.91 Å². The molecule has 0 saturated carbocycles. The molecule has 0 bridgehead atoms. The lowest BCUT2D eigenvalue weighted by Crippen LogP contribution is -2.29. The molecule has 4 heteroatoms. The fourth-order valence-corrected chi connectivity index (χ4v) is 1.77. The second-order valence-corrected chi connectivity index (χ2v) is 3.72. The molecule has 0 N–H and O–H groups in total. The molecular weight excluding hydrogens is 206 g/mol. The highest BCUT2D eigenvalue weighted by atomic mass is 16.2. The van der Waals surface area contributed by atoms with Crippen LogP contribution in [0.5, 0.6) is 0 Å². The van der Waals surface area contributed by atoms with Gasteiger partial charge in [-0.3, -0.25) is 14.4 Å². The predicted octanol–water partition coefficient (Wildman–Crippen LogP) is 0.914. The molecule has 0 spiro atoms. The number of nitrogens with zero attached hydrogens (tertiary/aromatic N) is 1. The van der Waals surface area contributed by atoms with Gasteiger partial charge in [-0.1, -0.05) is 18.2 Å². The standard InChI is InChI=1S/C12H11NO3/c14-8-9-3-1-2-4-11(9)12(16)13-6-5-10(15)7-13/h1-4,8H,5-7H2. The first-order valence-corrected chi connectivity index (χ1v) is 5.07. The average Bonchev–Trinajstić information content (AvgIpc) is 2.75. The number of benzene rings is 1. The summed E-state index contributed by atoms with van der Waals surface area (Å²) >= 11 is 0. The Balaban J connectivity index is 2.27. The van der Waals surface area contributed by atoms with Gasteiger partial charge in [-0.25, -0.2) is 0 Å². The van der Waals surface area contributed by atoms with Crippen molar-refractivity contribution in [2.45, 2.75) is 6.42 Å². The summed E-state index contributed by atoms with van der Waals surface area (Å²) in [5.41, 5.74) is 0.735. The molecule has 82 valence electrons. The normalized spacial score (nSPS) is 15.2. The Hall–Kier alpha value is -1.97. The number of hydrogen-bond donors (Lipinski definition) is 0. The van der Waals surface area contributed by atoms with Gasteiger partial charge in [0, 0.05) is 18.5 Å². The lowest BCUT2D eigenvalue weighted by atomic mass is 10.1. The Kier molecular flexibility index (Phi) is 2.81. The number of hydrogen-bond acceptors (Lipinski definition) is 3. The highest BCUT2D eigenvalue weighted by Crippen LogP contribution is 2.13. The minimum Gasteiger partial charge on any atom is -0.331 e. The Bertz CT molecular complexity index is 453. The summed E-state index contributed by atoms with van der Waals surface area (Å²) in [7, 11) is 0. The van der Waals surface area contributed by atoms with Crippen molar-refractivity contribution in [3.05, 3.63) is 35.4 Å². The van der Waals surface area contributed by atoms with E-state index in [1.807, 2.05) is 0 Å². The van der Waals surface area contributed by atoms with Gasteiger partial charge >= 0.3 is 0 Å². The Morgan fingerprint density at radius 2 is 2.06 bits per heavy atom. The molecule has 1 fully saturated rings. The van der Waals surface area contributed by atoms with Crippen LogP contribution in [0.4, 0.5) is 0 Å². The highest BCUT2D eigenvalue weighted by molar-refractivity contribution is 6.03. The van der Waals surface area contributed by atoms with Crippen LogP contribution < -0.4 is 0 Å². The van der Waals surface area contributed by atoms with Gasteiger partial charge in [0.15, 0.2) is 12.1 Å². The lowest BCUT2D eigenvalue weighted by Gasteiger charge is -2.15. The number of rotatable bonds is 2. The van der Waals surface area contributed by atoms with Crippen LogP contribution in [0, 0.1) is 0 Å². The smallest absolute Gasteiger partial charge is 0.254 e. The SMILES string of the molecule is O=Cc1ccccc1C(=O)N1CCC(=O)C1. The molecule has 16 heavy (non-hydrogen) atoms. The van der Waals surface area contributed by atoms with E-state index in [2.05, 4.69) is 0 Å². The average molecular weight is 217 g/mol. The van der Waals surface area contributed by atoms with Gasteiger partial charge in [0.1, 0.15) is 0 Å². The maximum atomic E-state index is 12.0. The van der Waals surface area contributed by atoms with E-state index < -0.39 is 0 Å². The van der Waals surface area contributed by atoms with Crippen LogP contribution in [0.25, 0.3) is 0 Å². The summed E-state index contributed by atoms with van der Waals surface area (Å²) in [5.74, 6) is -0.175. The number of ketones is 1. The minimum atomic E-state index is -0.242. The molecule has 0 aliphatic carbocycles. The van der Waals surface area contributed by atoms with E-state index in [4.69, 9.17) is 0 Å². The molecule has 1 aliphatic rings. The third kappa shape index (κ3) is 1.86. The van der Waals surface area contributed by atoms with E-state index in [-0.39, 0.29) is 18.2 Å². The fourth-order valence-electron chi connectivity index (χ4n) is 1.77. The molecule has 1 aliphatic heterocycles. The molecule has 0 atom stereocenters. The molecule has 0 radical (unpaired) electrons. The van der Waals surface area contributed by atoms with Gasteiger partial charge in [-0.15, -0.1) is 0 Å². The first-order valence-electron chi connectivity index (χ1n) is 5.07. The number of aldehydes is 1. The second-order valence-electron chi connectivity index (χ2n) is 3.72. The lowest BCUT2D eigenvalue weighted by molar-refractivity contribution is -0.116. The molecule has 1 amide bonds. The maximum Gasteiger partial charge on any atom is 0.254 e. The summed E-state index contributed by atoms with van der Waals surface area (Å²) in [5, 5.41) is 0. The van der Waals surface area contributed by atoms with Crippen molar-refractivity contribution in [1.29, 1.82) is 0 Å². The molecule has 1 saturated heterocycles. The molecular formula is C12H11NO3. The van der Waals surface area contributed by atoms with Gasteiger partial charge in [0.05, 0.1) is 12.1 Å². The first-order chi connectivity index (χ1) is 7.72. The van der Waals surface area contributed by atoms with E-state index in [1.165, 1.54) is 4.90 Å². The topological polar surface area (TPSA) is 54.5 Å². The summed E-state index contributed by atoms with van der Waals surface area (Å²) in [6.45, 7) is 0.608. The zero-order valence-electron chi connectivity index (χ0n) is 8.68. The Labute approximate surface area is 92.9 Å². The zero-order chi connectivity index (χ0) is 11.5. The summed E-state index contributed by atoms with van der Waals surface area (Å²) in [4.78, 5) is 35.3. The van der Waals surface area contributed by atoms with Gasteiger partial charge in [-0.2, -0.15) is 0 Å². The number of carbonyl (C=O) groups excluding carboxylic acids is 3. The monoisotopic (exact) mass is 217 g/mol. The predicted molar refractivity (Wildman–Crippen MR) is 57.4 cm³/mol. The third-order valence-corrected chi connectivity index (χ3v) is 2.63. The Morgan fingerprint density at radius 1 is 1.31 bits per heavy atom. The van der Waals surface area contributed by atoms with Crippen molar-refractivity contribution < 1.29 is 14.4 Å². The molecule has 0 aromatic heterocycles. The van der Waals surface area contributed by atoms with Gasteiger partial charge in [0.2, 0.25) is 0 Å². The van der Waals surface area contributed by atoms with Crippen molar-refractivity contribution in [3.8, 4) is 0 Å². The highest BCUT2D eigenvalue weighted by Gasteiger charge is 2.25. The molecule has 4 nitrogen and oxygen atoms in total. The summed E-state index contributed by atoms with van der Waals surface area (Å²) in [6.07, 6.45) is 1.07. The van der Waals surface area contributed by atoms with Crippen LogP contribution in [0.3, 0.4) is 0 Å². The summed E-state index contributed by atoms with van der Waals surface area (Å²) in [6, 6.07) is 6.61. The van der Waals surface area contributed by atoms with Crippen molar-refractivity contribution in [3.63, 3.8) is 0 Å². The van der Waals surface area contributed by atoms with Crippen LogP contribution in [0.2, 0.25) is 0 Å². The quantitative estimate of drug-likeness (QED) is 0.692. The van der Waals surface area contributed by atoms with Crippen LogP contribution in [-0.2, 0) is 4.79 Å². The van der Waals surface area contributed by atoms with Crippen molar-refractivity contribution >= 4 is 18.0 Å². The van der Waals surface area contributed by atoms with E-state index in [0.717, 1.165) is 0 Å². The van der Waals surface area contributed by atoms with Crippen LogP contribution in [-0.4, -0.2) is 36.0 Å². The number of Topliss-reactive ketones (excluding diaryl/α,β-unsaturated/α-hetero) is 1. The third-order valence-electron chi connectivity index (χ3n) is 2.63. The molecule has 2 rings (SSSR count).